The Morgan fingerprint density at radius 2 is 2.00 bits per heavy atom. The standard InChI is InChI=1S/C24H26F2N6O/c1-16-7-27-22(30-21(16)17-8-28-32(9-17)13-23(10-25)4-5-23)29-18-2-3-20(19(26)6-18)31-11-24(12-31)14-33-15-24/h2-3,6-9H,4-5,10-15H2,1H3,(H,27,29,30). The third kappa shape index (κ3) is 3.74. The smallest absolute Gasteiger partial charge is 0.227 e. The van der Waals surface area contributed by atoms with Crippen LogP contribution < -0.4 is 10.2 Å². The number of nitrogens with one attached hydrogen (secondary N) is 1. The summed E-state index contributed by atoms with van der Waals surface area (Å²) in [6.07, 6.45) is 7.19. The van der Waals surface area contributed by atoms with Gasteiger partial charge in [0.1, 0.15) is 5.82 Å². The highest BCUT2D eigenvalue weighted by Gasteiger charge is 2.49. The van der Waals surface area contributed by atoms with Crippen LogP contribution in [-0.2, 0) is 11.3 Å². The maximum Gasteiger partial charge on any atom is 0.227 e. The Labute approximate surface area is 190 Å². The summed E-state index contributed by atoms with van der Waals surface area (Å²) in [7, 11) is 0. The molecule has 4 heterocycles. The molecule has 1 spiro atoms. The van der Waals surface area contributed by atoms with Crippen LogP contribution in [0.25, 0.3) is 11.3 Å². The average Bonchev–Trinajstić information content (AvgIpc) is 3.36. The molecule has 6 rings (SSSR count). The van der Waals surface area contributed by atoms with Gasteiger partial charge < -0.3 is 15.0 Å². The lowest BCUT2D eigenvalue weighted by atomic mass is 9.78. The van der Waals surface area contributed by atoms with Crippen molar-refractivity contribution in [1.29, 1.82) is 0 Å². The number of rotatable bonds is 7. The maximum absolute atomic E-state index is 14.8. The van der Waals surface area contributed by atoms with Crippen molar-refractivity contribution in [3.05, 3.63) is 48.2 Å². The molecule has 1 aliphatic carbocycles. The summed E-state index contributed by atoms with van der Waals surface area (Å²) < 4.78 is 35.1. The van der Waals surface area contributed by atoms with Gasteiger partial charge in [-0.3, -0.25) is 9.07 Å². The summed E-state index contributed by atoms with van der Waals surface area (Å²) >= 11 is 0. The second kappa shape index (κ2) is 7.48. The van der Waals surface area contributed by atoms with E-state index in [0.29, 0.717) is 23.9 Å². The van der Waals surface area contributed by atoms with Crippen molar-refractivity contribution in [2.75, 3.05) is 43.2 Å². The molecule has 2 aliphatic heterocycles. The van der Waals surface area contributed by atoms with Gasteiger partial charge in [0.15, 0.2) is 0 Å². The summed E-state index contributed by atoms with van der Waals surface area (Å²) in [5.41, 5.74) is 3.68. The molecule has 1 N–H and O–H groups in total. The van der Waals surface area contributed by atoms with Crippen LogP contribution in [0.3, 0.4) is 0 Å². The van der Waals surface area contributed by atoms with Gasteiger partial charge in [0.05, 0.1) is 42.9 Å². The molecule has 172 valence electrons. The number of hydrogen-bond donors (Lipinski definition) is 1. The second-order valence-electron chi connectivity index (χ2n) is 9.93. The largest absolute Gasteiger partial charge is 0.380 e. The normalized spacial score (nSPS) is 19.8. The molecule has 1 saturated carbocycles. The van der Waals surface area contributed by atoms with Crippen LogP contribution >= 0.6 is 0 Å². The molecular weight excluding hydrogens is 426 g/mol. The Bertz CT molecular complexity index is 1200. The summed E-state index contributed by atoms with van der Waals surface area (Å²) in [6, 6.07) is 5.11. The number of hydrogen-bond acceptors (Lipinski definition) is 6. The van der Waals surface area contributed by atoms with E-state index in [2.05, 4.69) is 25.3 Å². The van der Waals surface area contributed by atoms with E-state index in [1.807, 2.05) is 19.2 Å². The molecule has 0 unspecified atom stereocenters. The topological polar surface area (TPSA) is 68.1 Å². The zero-order valence-corrected chi connectivity index (χ0v) is 18.5. The van der Waals surface area contributed by atoms with Gasteiger partial charge in [-0.15, -0.1) is 0 Å². The number of nitrogens with zero attached hydrogens (tertiary/aromatic N) is 5. The third-order valence-electron chi connectivity index (χ3n) is 7.03. The molecule has 9 heteroatoms. The second-order valence-corrected chi connectivity index (χ2v) is 9.93. The van der Waals surface area contributed by atoms with Crippen LogP contribution in [0.5, 0.6) is 0 Å². The predicted molar refractivity (Wildman–Crippen MR) is 121 cm³/mol. The van der Waals surface area contributed by atoms with Crippen molar-refractivity contribution in [1.82, 2.24) is 19.7 Å². The minimum atomic E-state index is -0.314. The van der Waals surface area contributed by atoms with Crippen molar-refractivity contribution < 1.29 is 13.5 Å². The van der Waals surface area contributed by atoms with Crippen LogP contribution in [0.15, 0.2) is 36.8 Å². The summed E-state index contributed by atoms with van der Waals surface area (Å²) in [5, 5.41) is 7.51. The number of aryl methyl sites for hydroxylation is 1. The first-order valence-electron chi connectivity index (χ1n) is 11.3. The van der Waals surface area contributed by atoms with Gasteiger partial charge >= 0.3 is 0 Å². The number of ether oxygens (including phenoxy) is 1. The molecule has 0 atom stereocenters. The van der Waals surface area contributed by atoms with Gasteiger partial charge in [0, 0.05) is 48.7 Å². The van der Waals surface area contributed by atoms with E-state index in [4.69, 9.17) is 4.74 Å². The molecule has 3 fully saturated rings. The SMILES string of the molecule is Cc1cnc(Nc2ccc(N3CC4(COC4)C3)c(F)c2)nc1-c1cnn(CC2(CF)CC2)c1. The first-order chi connectivity index (χ1) is 16.0. The van der Waals surface area contributed by atoms with E-state index >= 15 is 0 Å². The molecule has 3 aliphatic rings. The van der Waals surface area contributed by atoms with Gasteiger partial charge in [0.25, 0.3) is 0 Å². The predicted octanol–water partition coefficient (Wildman–Crippen LogP) is 4.12. The zero-order valence-electron chi connectivity index (χ0n) is 18.5. The first-order valence-corrected chi connectivity index (χ1v) is 11.3. The third-order valence-corrected chi connectivity index (χ3v) is 7.03. The van der Waals surface area contributed by atoms with E-state index < -0.39 is 0 Å². The van der Waals surface area contributed by atoms with Crippen LogP contribution in [0.4, 0.5) is 26.1 Å². The van der Waals surface area contributed by atoms with Gasteiger partial charge in [-0.1, -0.05) is 0 Å². The quantitative estimate of drug-likeness (QED) is 0.582. The van der Waals surface area contributed by atoms with Crippen LogP contribution in [0.1, 0.15) is 18.4 Å². The molecule has 2 saturated heterocycles. The van der Waals surface area contributed by atoms with E-state index in [1.54, 1.807) is 23.1 Å². The summed E-state index contributed by atoms with van der Waals surface area (Å²) in [6.45, 7) is 5.41. The molecule has 33 heavy (non-hydrogen) atoms. The van der Waals surface area contributed by atoms with Gasteiger partial charge in [-0.2, -0.15) is 5.10 Å². The molecule has 0 amide bonds. The fourth-order valence-electron chi connectivity index (χ4n) is 4.70. The number of aromatic nitrogens is 4. The van der Waals surface area contributed by atoms with Crippen LogP contribution in [-0.4, -0.2) is 52.7 Å². The monoisotopic (exact) mass is 452 g/mol. The van der Waals surface area contributed by atoms with Gasteiger partial charge in [0.2, 0.25) is 5.95 Å². The van der Waals surface area contributed by atoms with Gasteiger partial charge in [-0.05, 0) is 43.5 Å². The van der Waals surface area contributed by atoms with Crippen LogP contribution in [0, 0.1) is 23.6 Å². The van der Waals surface area contributed by atoms with Crippen molar-refractivity contribution in [2.24, 2.45) is 10.8 Å². The fraction of sp³-hybridized carbons (Fsp3) is 0.458. The lowest BCUT2D eigenvalue weighted by molar-refractivity contribution is -0.127. The molecule has 0 radical (unpaired) electrons. The number of anilines is 3. The van der Waals surface area contributed by atoms with Gasteiger partial charge in [-0.25, -0.2) is 14.4 Å². The summed E-state index contributed by atoms with van der Waals surface area (Å²) in [5.74, 6) is 0.109. The van der Waals surface area contributed by atoms with E-state index in [9.17, 15) is 8.78 Å². The molecule has 7 nitrogen and oxygen atoms in total. The summed E-state index contributed by atoms with van der Waals surface area (Å²) in [4.78, 5) is 11.0. The van der Waals surface area contributed by atoms with E-state index in [1.165, 1.54) is 6.07 Å². The van der Waals surface area contributed by atoms with Crippen molar-refractivity contribution in [2.45, 2.75) is 26.3 Å². The van der Waals surface area contributed by atoms with E-state index in [0.717, 1.165) is 56.0 Å². The van der Waals surface area contributed by atoms with Crippen molar-refractivity contribution >= 4 is 17.3 Å². The fourth-order valence-corrected chi connectivity index (χ4v) is 4.70. The highest BCUT2D eigenvalue weighted by Crippen LogP contribution is 2.47. The first kappa shape index (κ1) is 20.5. The lowest BCUT2D eigenvalue weighted by Gasteiger charge is -2.56. The minimum Gasteiger partial charge on any atom is -0.380 e. The molecule has 2 aromatic heterocycles. The lowest BCUT2D eigenvalue weighted by Crippen LogP contribution is -2.66. The Hall–Kier alpha value is -3.07. The highest BCUT2D eigenvalue weighted by atomic mass is 19.1. The van der Waals surface area contributed by atoms with Crippen LogP contribution in [0.2, 0.25) is 0 Å². The Balaban J connectivity index is 1.17. The maximum atomic E-state index is 14.8. The number of alkyl halides is 1. The Morgan fingerprint density at radius 3 is 2.67 bits per heavy atom. The Kier molecular flexibility index (Phi) is 4.65. The molecule has 0 bridgehead atoms. The molecular formula is C24H26F2N6O. The van der Waals surface area contributed by atoms with Crippen molar-refractivity contribution in [3.8, 4) is 11.3 Å². The molecule has 3 aromatic rings. The average molecular weight is 453 g/mol. The number of halogens is 2. The minimum absolute atomic E-state index is 0.231. The molecule has 1 aromatic carbocycles. The Morgan fingerprint density at radius 1 is 1.18 bits per heavy atom. The highest BCUT2D eigenvalue weighted by molar-refractivity contribution is 5.65. The zero-order chi connectivity index (χ0) is 22.6. The van der Waals surface area contributed by atoms with Crippen molar-refractivity contribution in [3.63, 3.8) is 0 Å². The van der Waals surface area contributed by atoms with E-state index in [-0.39, 0.29) is 23.3 Å². The number of benzene rings is 1.